The van der Waals surface area contributed by atoms with Crippen LogP contribution >= 0.6 is 35.3 Å². The maximum absolute atomic E-state index is 11.1. The summed E-state index contributed by atoms with van der Waals surface area (Å²) in [5, 5.41) is 2.74. The third-order valence-electron chi connectivity index (χ3n) is 1.71. The zero-order valence-corrected chi connectivity index (χ0v) is 10.7. The first kappa shape index (κ1) is 14.7. The Bertz CT molecular complexity index is 315. The molecule has 1 aromatic rings. The lowest BCUT2D eigenvalue weighted by Crippen LogP contribution is -2.39. The molecule has 0 saturated carbocycles. The minimum absolute atomic E-state index is 0. The quantitative estimate of drug-likeness (QED) is 0.876. The van der Waals surface area contributed by atoms with Gasteiger partial charge in [-0.15, -0.1) is 23.7 Å². The van der Waals surface area contributed by atoms with Crippen LogP contribution in [0.15, 0.2) is 12.1 Å². The highest BCUT2D eigenvalue weighted by atomic mass is 35.5. The number of halogens is 2. The van der Waals surface area contributed by atoms with Crippen molar-refractivity contribution in [1.29, 1.82) is 0 Å². The maximum atomic E-state index is 11.1. The van der Waals surface area contributed by atoms with Crippen molar-refractivity contribution in [2.75, 3.05) is 6.54 Å². The first-order chi connectivity index (χ1) is 6.59. The number of hydrogen-bond donors (Lipinski definition) is 2. The molecule has 1 rings (SSSR count). The van der Waals surface area contributed by atoms with Crippen molar-refractivity contribution in [3.8, 4) is 0 Å². The summed E-state index contributed by atoms with van der Waals surface area (Å²) < 4.78 is 0.776. The van der Waals surface area contributed by atoms with Crippen molar-refractivity contribution in [2.45, 2.75) is 19.4 Å². The number of carbonyl (C=O) groups excluding carboxylic acids is 1. The Morgan fingerprint density at radius 3 is 2.80 bits per heavy atom. The summed E-state index contributed by atoms with van der Waals surface area (Å²) >= 11 is 7.29. The van der Waals surface area contributed by atoms with Crippen molar-refractivity contribution in [1.82, 2.24) is 5.32 Å². The predicted molar refractivity (Wildman–Crippen MR) is 66.9 cm³/mol. The van der Waals surface area contributed by atoms with Crippen LogP contribution in [0.1, 0.15) is 11.8 Å². The smallest absolute Gasteiger partial charge is 0.236 e. The summed E-state index contributed by atoms with van der Waals surface area (Å²) in [6, 6.07) is 3.38. The van der Waals surface area contributed by atoms with Gasteiger partial charge in [-0.05, 0) is 25.5 Å². The zero-order chi connectivity index (χ0) is 10.6. The monoisotopic (exact) mass is 268 g/mol. The Morgan fingerprint density at radius 2 is 2.33 bits per heavy atom. The number of carbonyl (C=O) groups is 1. The maximum Gasteiger partial charge on any atom is 0.236 e. The van der Waals surface area contributed by atoms with E-state index in [4.69, 9.17) is 17.3 Å². The molecule has 1 aromatic heterocycles. The number of nitrogens with one attached hydrogen (secondary N) is 1. The standard InChI is InChI=1S/C9H13ClN2OS.ClH/c1-6(11)9(13)12-5-4-7-2-3-8(10)14-7;/h2-3,6H,4-5,11H2,1H3,(H,12,13);1H. The van der Waals surface area contributed by atoms with E-state index in [-0.39, 0.29) is 18.3 Å². The largest absolute Gasteiger partial charge is 0.354 e. The third-order valence-corrected chi connectivity index (χ3v) is 3.00. The van der Waals surface area contributed by atoms with Crippen LogP contribution in [0.5, 0.6) is 0 Å². The molecule has 1 heterocycles. The Hall–Kier alpha value is -0.290. The van der Waals surface area contributed by atoms with E-state index in [0.717, 1.165) is 10.8 Å². The van der Waals surface area contributed by atoms with E-state index in [2.05, 4.69) is 5.32 Å². The van der Waals surface area contributed by atoms with Gasteiger partial charge in [0.1, 0.15) is 0 Å². The molecule has 86 valence electrons. The van der Waals surface area contributed by atoms with E-state index in [1.165, 1.54) is 16.2 Å². The van der Waals surface area contributed by atoms with E-state index in [9.17, 15) is 4.79 Å². The first-order valence-corrected chi connectivity index (χ1v) is 5.56. The van der Waals surface area contributed by atoms with Crippen LogP contribution in [-0.4, -0.2) is 18.5 Å². The van der Waals surface area contributed by atoms with Crippen LogP contribution in [-0.2, 0) is 11.2 Å². The minimum atomic E-state index is -0.443. The molecule has 0 aliphatic rings. The summed E-state index contributed by atoms with van der Waals surface area (Å²) in [6.07, 6.45) is 0.801. The highest BCUT2D eigenvalue weighted by Crippen LogP contribution is 2.21. The summed E-state index contributed by atoms with van der Waals surface area (Å²) in [6.45, 7) is 2.27. The van der Waals surface area contributed by atoms with E-state index >= 15 is 0 Å². The molecule has 0 fully saturated rings. The molecular formula is C9H14Cl2N2OS. The first-order valence-electron chi connectivity index (χ1n) is 4.37. The van der Waals surface area contributed by atoms with E-state index in [0.29, 0.717) is 6.54 Å². The second-order valence-corrected chi connectivity index (χ2v) is 4.84. The van der Waals surface area contributed by atoms with Gasteiger partial charge in [-0.2, -0.15) is 0 Å². The zero-order valence-electron chi connectivity index (χ0n) is 8.33. The average molecular weight is 269 g/mol. The molecule has 0 spiro atoms. The molecule has 0 aliphatic carbocycles. The average Bonchev–Trinajstić information content (AvgIpc) is 2.51. The molecule has 6 heteroatoms. The fraction of sp³-hybridized carbons (Fsp3) is 0.444. The lowest BCUT2D eigenvalue weighted by molar-refractivity contribution is -0.121. The lowest BCUT2D eigenvalue weighted by Gasteiger charge is -2.06. The topological polar surface area (TPSA) is 55.1 Å². The Labute approximate surface area is 104 Å². The molecule has 0 aliphatic heterocycles. The van der Waals surface area contributed by atoms with Crippen LogP contribution in [0.25, 0.3) is 0 Å². The Kier molecular flexibility index (Phi) is 6.92. The minimum Gasteiger partial charge on any atom is -0.354 e. The van der Waals surface area contributed by atoms with Crippen LogP contribution in [0.3, 0.4) is 0 Å². The Balaban J connectivity index is 0.00000196. The molecule has 3 nitrogen and oxygen atoms in total. The van der Waals surface area contributed by atoms with Gasteiger partial charge in [-0.25, -0.2) is 0 Å². The molecule has 0 bridgehead atoms. The van der Waals surface area contributed by atoms with Gasteiger partial charge in [0.15, 0.2) is 0 Å². The van der Waals surface area contributed by atoms with E-state index < -0.39 is 6.04 Å². The van der Waals surface area contributed by atoms with Gasteiger partial charge in [0.2, 0.25) is 5.91 Å². The van der Waals surface area contributed by atoms with Gasteiger partial charge in [-0.3, -0.25) is 4.79 Å². The summed E-state index contributed by atoms with van der Waals surface area (Å²) in [7, 11) is 0. The summed E-state index contributed by atoms with van der Waals surface area (Å²) in [4.78, 5) is 12.2. The SMILES string of the molecule is CC(N)C(=O)NCCc1ccc(Cl)s1.Cl. The van der Waals surface area contributed by atoms with Gasteiger partial charge in [0, 0.05) is 11.4 Å². The second kappa shape index (κ2) is 7.06. The molecule has 1 unspecified atom stereocenters. The fourth-order valence-corrected chi connectivity index (χ4v) is 2.04. The highest BCUT2D eigenvalue weighted by molar-refractivity contribution is 7.16. The normalized spacial score (nSPS) is 11.7. The molecule has 1 amide bonds. The van der Waals surface area contributed by atoms with Crippen molar-refractivity contribution < 1.29 is 4.79 Å². The summed E-state index contributed by atoms with van der Waals surface area (Å²) in [5.74, 6) is -0.118. The third kappa shape index (κ3) is 5.37. The molecular weight excluding hydrogens is 255 g/mol. The van der Waals surface area contributed by atoms with Gasteiger partial charge in [0.05, 0.1) is 10.4 Å². The molecule has 15 heavy (non-hydrogen) atoms. The van der Waals surface area contributed by atoms with Gasteiger partial charge in [0.25, 0.3) is 0 Å². The van der Waals surface area contributed by atoms with Crippen LogP contribution < -0.4 is 11.1 Å². The van der Waals surface area contributed by atoms with Gasteiger partial charge < -0.3 is 11.1 Å². The van der Waals surface area contributed by atoms with Crippen molar-refractivity contribution in [3.05, 3.63) is 21.3 Å². The van der Waals surface area contributed by atoms with Crippen molar-refractivity contribution in [3.63, 3.8) is 0 Å². The van der Waals surface area contributed by atoms with Gasteiger partial charge >= 0.3 is 0 Å². The Morgan fingerprint density at radius 1 is 1.67 bits per heavy atom. The molecule has 0 aromatic carbocycles. The molecule has 1 atom stereocenters. The number of thiophene rings is 1. The number of amides is 1. The molecule has 3 N–H and O–H groups in total. The molecule has 0 saturated heterocycles. The second-order valence-electron chi connectivity index (χ2n) is 3.04. The van der Waals surface area contributed by atoms with Crippen LogP contribution in [0.4, 0.5) is 0 Å². The highest BCUT2D eigenvalue weighted by Gasteiger charge is 2.05. The number of rotatable bonds is 4. The fourth-order valence-electron chi connectivity index (χ4n) is 0.956. The van der Waals surface area contributed by atoms with E-state index in [1.54, 1.807) is 6.92 Å². The lowest BCUT2D eigenvalue weighted by atomic mass is 10.3. The predicted octanol–water partition coefficient (Wildman–Crippen LogP) is 1.83. The summed E-state index contributed by atoms with van der Waals surface area (Å²) in [5.41, 5.74) is 5.39. The van der Waals surface area contributed by atoms with Crippen LogP contribution in [0.2, 0.25) is 4.34 Å². The number of nitrogens with two attached hydrogens (primary N) is 1. The van der Waals surface area contributed by atoms with Gasteiger partial charge in [-0.1, -0.05) is 11.6 Å². The van der Waals surface area contributed by atoms with E-state index in [1.807, 2.05) is 12.1 Å². The van der Waals surface area contributed by atoms with Crippen molar-refractivity contribution >= 4 is 41.3 Å². The van der Waals surface area contributed by atoms with Crippen molar-refractivity contribution in [2.24, 2.45) is 5.73 Å². The number of hydrogen-bond acceptors (Lipinski definition) is 3. The van der Waals surface area contributed by atoms with Crippen LogP contribution in [0, 0.1) is 0 Å². The molecule has 0 radical (unpaired) electrons.